The van der Waals surface area contributed by atoms with Gasteiger partial charge in [0.2, 0.25) is 0 Å². The Morgan fingerprint density at radius 2 is 2.18 bits per heavy atom. The van der Waals surface area contributed by atoms with Crippen LogP contribution in [0.3, 0.4) is 0 Å². The highest BCUT2D eigenvalue weighted by molar-refractivity contribution is 7.13. The van der Waals surface area contributed by atoms with Crippen LogP contribution in [0.4, 0.5) is 5.13 Å². The molecule has 6 heteroatoms. The molecule has 17 heavy (non-hydrogen) atoms. The van der Waals surface area contributed by atoms with Crippen molar-refractivity contribution in [2.24, 2.45) is 5.16 Å². The van der Waals surface area contributed by atoms with E-state index in [2.05, 4.69) is 10.1 Å². The maximum Gasteiger partial charge on any atom is 0.180 e. The standard InChI is InChI=1S/C11H9N3O2S/c12-11-13-10(7-17-11)9(6-15)14-16-8-4-2-1-3-5-8/h1-7H,(H2,12,13). The second-order valence-corrected chi connectivity index (χ2v) is 3.96. The summed E-state index contributed by atoms with van der Waals surface area (Å²) in [6.07, 6.45) is 0.581. The molecule has 2 rings (SSSR count). The lowest BCUT2D eigenvalue weighted by atomic mass is 10.3. The average Bonchev–Trinajstić information content (AvgIpc) is 2.78. The minimum atomic E-state index is 0.113. The van der Waals surface area contributed by atoms with Crippen LogP contribution in [-0.2, 0) is 4.79 Å². The van der Waals surface area contributed by atoms with Crippen LogP contribution in [-0.4, -0.2) is 17.0 Å². The van der Waals surface area contributed by atoms with Crippen molar-refractivity contribution in [2.75, 3.05) is 5.73 Å². The van der Waals surface area contributed by atoms with Gasteiger partial charge in [-0.25, -0.2) is 4.98 Å². The number of para-hydroxylation sites is 1. The molecule has 0 aliphatic rings. The lowest BCUT2D eigenvalue weighted by Gasteiger charge is -1.98. The fourth-order valence-corrected chi connectivity index (χ4v) is 1.67. The van der Waals surface area contributed by atoms with Gasteiger partial charge >= 0.3 is 0 Å². The van der Waals surface area contributed by atoms with Gasteiger partial charge in [0.15, 0.2) is 22.9 Å². The van der Waals surface area contributed by atoms with Crippen molar-refractivity contribution in [3.63, 3.8) is 0 Å². The van der Waals surface area contributed by atoms with Crippen molar-refractivity contribution in [1.29, 1.82) is 0 Å². The Morgan fingerprint density at radius 3 is 2.76 bits per heavy atom. The zero-order valence-corrected chi connectivity index (χ0v) is 9.55. The molecule has 0 fully saturated rings. The van der Waals surface area contributed by atoms with E-state index < -0.39 is 0 Å². The van der Waals surface area contributed by atoms with Gasteiger partial charge in [-0.15, -0.1) is 11.3 Å². The summed E-state index contributed by atoms with van der Waals surface area (Å²) in [5.74, 6) is 0.551. The van der Waals surface area contributed by atoms with E-state index >= 15 is 0 Å². The van der Waals surface area contributed by atoms with Gasteiger partial charge in [0.05, 0.1) is 0 Å². The number of nitrogens with zero attached hydrogens (tertiary/aromatic N) is 2. The summed E-state index contributed by atoms with van der Waals surface area (Å²) in [5, 5.41) is 5.77. The van der Waals surface area contributed by atoms with Crippen molar-refractivity contribution in [2.45, 2.75) is 0 Å². The second kappa shape index (κ2) is 5.22. The molecule has 0 atom stereocenters. The monoisotopic (exact) mass is 247 g/mol. The number of aromatic nitrogens is 1. The van der Waals surface area contributed by atoms with E-state index in [0.717, 1.165) is 0 Å². The molecule has 0 bridgehead atoms. The Morgan fingerprint density at radius 1 is 1.41 bits per heavy atom. The van der Waals surface area contributed by atoms with Crippen LogP contribution in [0.1, 0.15) is 5.69 Å². The van der Waals surface area contributed by atoms with Gasteiger partial charge in [-0.3, -0.25) is 4.79 Å². The van der Waals surface area contributed by atoms with E-state index in [1.807, 2.05) is 18.2 Å². The average molecular weight is 247 g/mol. The summed E-state index contributed by atoms with van der Waals surface area (Å²) in [6, 6.07) is 8.96. The van der Waals surface area contributed by atoms with Crippen LogP contribution in [0.5, 0.6) is 5.75 Å². The number of hydrogen-bond acceptors (Lipinski definition) is 6. The van der Waals surface area contributed by atoms with Gasteiger partial charge in [-0.05, 0) is 12.1 Å². The van der Waals surface area contributed by atoms with Gasteiger partial charge in [0, 0.05) is 5.38 Å². The first-order valence-corrected chi connectivity index (χ1v) is 5.64. The first-order chi connectivity index (χ1) is 8.29. The SMILES string of the molecule is Nc1nc(C(C=O)=NOc2ccccc2)cs1. The van der Waals surface area contributed by atoms with Crippen LogP contribution < -0.4 is 10.6 Å². The molecule has 0 amide bonds. The summed E-state index contributed by atoms with van der Waals surface area (Å²) in [4.78, 5) is 19.9. The quantitative estimate of drug-likeness (QED) is 0.507. The lowest BCUT2D eigenvalue weighted by Crippen LogP contribution is -2.05. The van der Waals surface area contributed by atoms with E-state index in [4.69, 9.17) is 10.6 Å². The predicted molar refractivity (Wildman–Crippen MR) is 66.2 cm³/mol. The number of oxime groups is 1. The van der Waals surface area contributed by atoms with Crippen molar-refractivity contribution >= 4 is 28.5 Å². The molecule has 0 spiro atoms. The molecule has 5 nitrogen and oxygen atoms in total. The van der Waals surface area contributed by atoms with Crippen LogP contribution in [0, 0.1) is 0 Å². The summed E-state index contributed by atoms with van der Waals surface area (Å²) in [7, 11) is 0. The van der Waals surface area contributed by atoms with Crippen molar-refractivity contribution in [1.82, 2.24) is 4.98 Å². The molecule has 0 aliphatic carbocycles. The third kappa shape index (κ3) is 2.88. The Labute approximate surface area is 102 Å². The second-order valence-electron chi connectivity index (χ2n) is 3.07. The molecule has 2 N–H and O–H groups in total. The van der Waals surface area contributed by atoms with Crippen molar-refractivity contribution in [3.8, 4) is 5.75 Å². The minimum Gasteiger partial charge on any atom is -0.375 e. The maximum absolute atomic E-state index is 10.8. The molecule has 0 aliphatic heterocycles. The third-order valence-corrected chi connectivity index (χ3v) is 2.56. The van der Waals surface area contributed by atoms with Gasteiger partial charge in [-0.1, -0.05) is 23.4 Å². The Balaban J connectivity index is 2.16. The van der Waals surface area contributed by atoms with E-state index in [-0.39, 0.29) is 5.71 Å². The molecule has 86 valence electrons. The van der Waals surface area contributed by atoms with Gasteiger partial charge in [0.25, 0.3) is 0 Å². The molecule has 0 radical (unpaired) electrons. The van der Waals surface area contributed by atoms with Crippen LogP contribution in [0.2, 0.25) is 0 Å². The molecule has 1 heterocycles. The van der Waals surface area contributed by atoms with E-state index in [1.165, 1.54) is 11.3 Å². The van der Waals surface area contributed by atoms with Crippen LogP contribution in [0.15, 0.2) is 40.9 Å². The summed E-state index contributed by atoms with van der Waals surface area (Å²) in [6.45, 7) is 0. The minimum absolute atomic E-state index is 0.113. The van der Waals surface area contributed by atoms with Crippen molar-refractivity contribution in [3.05, 3.63) is 41.4 Å². The number of aldehydes is 1. The fraction of sp³-hybridized carbons (Fsp3) is 0. The Bertz CT molecular complexity index is 537. The zero-order valence-electron chi connectivity index (χ0n) is 8.74. The highest BCUT2D eigenvalue weighted by Gasteiger charge is 2.07. The smallest absolute Gasteiger partial charge is 0.180 e. The number of anilines is 1. The van der Waals surface area contributed by atoms with E-state index in [0.29, 0.717) is 22.9 Å². The predicted octanol–water partition coefficient (Wildman–Crippen LogP) is 1.71. The fourth-order valence-electron chi connectivity index (χ4n) is 1.12. The number of nitrogens with two attached hydrogens (primary N) is 1. The maximum atomic E-state index is 10.8. The van der Waals surface area contributed by atoms with Crippen LogP contribution in [0.25, 0.3) is 0 Å². The van der Waals surface area contributed by atoms with Gasteiger partial charge in [-0.2, -0.15) is 0 Å². The first kappa shape index (κ1) is 11.3. The lowest BCUT2D eigenvalue weighted by molar-refractivity contribution is -0.102. The number of rotatable bonds is 4. The van der Waals surface area contributed by atoms with E-state index in [1.54, 1.807) is 17.5 Å². The highest BCUT2D eigenvalue weighted by Crippen LogP contribution is 2.13. The number of carbonyl (C=O) groups is 1. The van der Waals surface area contributed by atoms with Crippen molar-refractivity contribution < 1.29 is 9.63 Å². The highest BCUT2D eigenvalue weighted by atomic mass is 32.1. The Kier molecular flexibility index (Phi) is 3.46. The topological polar surface area (TPSA) is 77.6 Å². The summed E-state index contributed by atoms with van der Waals surface area (Å²) < 4.78 is 0. The summed E-state index contributed by atoms with van der Waals surface area (Å²) >= 11 is 1.24. The number of carbonyl (C=O) groups excluding carboxylic acids is 1. The molecule has 0 saturated heterocycles. The molecule has 2 aromatic rings. The number of thiazole rings is 1. The van der Waals surface area contributed by atoms with Gasteiger partial charge in [0.1, 0.15) is 5.69 Å². The largest absolute Gasteiger partial charge is 0.375 e. The molecular formula is C11H9N3O2S. The van der Waals surface area contributed by atoms with E-state index in [9.17, 15) is 4.79 Å². The molecule has 0 saturated carbocycles. The normalized spacial score (nSPS) is 11.2. The number of nitrogen functional groups attached to an aromatic ring is 1. The number of benzene rings is 1. The zero-order chi connectivity index (χ0) is 12.1. The molecule has 0 unspecified atom stereocenters. The third-order valence-electron chi connectivity index (χ3n) is 1.89. The molecule has 1 aromatic heterocycles. The summed E-state index contributed by atoms with van der Waals surface area (Å²) in [5.41, 5.74) is 6.00. The molecular weight excluding hydrogens is 238 g/mol. The number of hydrogen-bond donors (Lipinski definition) is 1. The molecule has 1 aromatic carbocycles. The van der Waals surface area contributed by atoms with Gasteiger partial charge < -0.3 is 10.6 Å². The van der Waals surface area contributed by atoms with Crippen LogP contribution >= 0.6 is 11.3 Å². The Hall–Kier alpha value is -2.21. The first-order valence-electron chi connectivity index (χ1n) is 4.76.